The van der Waals surface area contributed by atoms with Gasteiger partial charge in [0.15, 0.2) is 0 Å². The molecule has 0 saturated carbocycles. The van der Waals surface area contributed by atoms with Gasteiger partial charge in [-0.05, 0) is 34.1 Å². The predicted octanol–water partition coefficient (Wildman–Crippen LogP) is 4.31. The van der Waals surface area contributed by atoms with E-state index in [0.717, 1.165) is 15.8 Å². The summed E-state index contributed by atoms with van der Waals surface area (Å²) >= 11 is 9.48. The molecule has 1 heterocycles. The van der Waals surface area contributed by atoms with Gasteiger partial charge in [0.2, 0.25) is 0 Å². The molecule has 2 aromatic rings. The normalized spacial score (nSPS) is 10.2. The van der Waals surface area contributed by atoms with Crippen molar-refractivity contribution in [3.8, 4) is 0 Å². The Morgan fingerprint density at radius 3 is 2.67 bits per heavy atom. The second kappa shape index (κ2) is 5.59. The van der Waals surface area contributed by atoms with Crippen LogP contribution in [-0.4, -0.2) is 19.1 Å². The summed E-state index contributed by atoms with van der Waals surface area (Å²) in [5, 5.41) is 3.83. The summed E-state index contributed by atoms with van der Waals surface area (Å²) in [7, 11) is 3.99. The summed E-state index contributed by atoms with van der Waals surface area (Å²) in [6, 6.07) is 9.82. The van der Waals surface area contributed by atoms with Crippen molar-refractivity contribution < 1.29 is 0 Å². The molecule has 0 aliphatic carbocycles. The van der Waals surface area contributed by atoms with Gasteiger partial charge in [-0.3, -0.25) is 0 Å². The van der Waals surface area contributed by atoms with Gasteiger partial charge < -0.3 is 10.2 Å². The molecular formula is C13H13BrClN3. The summed E-state index contributed by atoms with van der Waals surface area (Å²) in [5.41, 5.74) is 2.05. The number of anilines is 3. The monoisotopic (exact) mass is 325 g/mol. The van der Waals surface area contributed by atoms with Crippen LogP contribution in [0.3, 0.4) is 0 Å². The Morgan fingerprint density at radius 2 is 2.00 bits per heavy atom. The van der Waals surface area contributed by atoms with Crippen molar-refractivity contribution in [1.29, 1.82) is 0 Å². The van der Waals surface area contributed by atoms with E-state index in [4.69, 9.17) is 11.6 Å². The number of benzene rings is 1. The highest BCUT2D eigenvalue weighted by Gasteiger charge is 2.07. The standard InChI is InChI=1S/C13H13BrClN3/c1-18(2)12-6-4-3-5-11(12)17-13-10(15)7-9(14)8-16-13/h3-8H,1-2H3,(H,16,17). The van der Waals surface area contributed by atoms with Crippen molar-refractivity contribution in [3.63, 3.8) is 0 Å². The molecule has 2 rings (SSSR count). The third kappa shape index (κ3) is 2.94. The average Bonchev–Trinajstić information content (AvgIpc) is 2.33. The Balaban J connectivity index is 2.34. The first-order chi connectivity index (χ1) is 8.58. The fraction of sp³-hybridized carbons (Fsp3) is 0.154. The summed E-state index contributed by atoms with van der Waals surface area (Å²) < 4.78 is 0.860. The number of nitrogens with zero attached hydrogens (tertiary/aromatic N) is 2. The van der Waals surface area contributed by atoms with Crippen LogP contribution in [0.4, 0.5) is 17.2 Å². The highest BCUT2D eigenvalue weighted by atomic mass is 79.9. The third-order valence-corrected chi connectivity index (χ3v) is 3.17. The van der Waals surface area contributed by atoms with Gasteiger partial charge in [-0.1, -0.05) is 23.7 Å². The summed E-state index contributed by atoms with van der Waals surface area (Å²) in [6.45, 7) is 0. The fourth-order valence-corrected chi connectivity index (χ4v) is 2.28. The van der Waals surface area contributed by atoms with E-state index in [0.29, 0.717) is 10.8 Å². The molecule has 0 bridgehead atoms. The molecule has 0 atom stereocenters. The van der Waals surface area contributed by atoms with Gasteiger partial charge in [0.25, 0.3) is 0 Å². The molecule has 5 heteroatoms. The second-order valence-corrected chi connectivity index (χ2v) is 5.34. The van der Waals surface area contributed by atoms with Crippen LogP contribution < -0.4 is 10.2 Å². The minimum atomic E-state index is 0.581. The quantitative estimate of drug-likeness (QED) is 0.911. The van der Waals surface area contributed by atoms with Crippen LogP contribution in [0.15, 0.2) is 41.0 Å². The molecule has 94 valence electrons. The van der Waals surface area contributed by atoms with Crippen LogP contribution in [0.25, 0.3) is 0 Å². The van der Waals surface area contributed by atoms with Crippen molar-refractivity contribution in [1.82, 2.24) is 4.98 Å². The number of nitrogens with one attached hydrogen (secondary N) is 1. The molecule has 18 heavy (non-hydrogen) atoms. The van der Waals surface area contributed by atoms with E-state index in [2.05, 4.69) is 26.2 Å². The fourth-order valence-electron chi connectivity index (χ4n) is 1.60. The van der Waals surface area contributed by atoms with Gasteiger partial charge in [0, 0.05) is 24.8 Å². The lowest BCUT2D eigenvalue weighted by molar-refractivity contribution is 1.13. The molecule has 1 N–H and O–H groups in total. The van der Waals surface area contributed by atoms with Crippen LogP contribution in [0.1, 0.15) is 0 Å². The van der Waals surface area contributed by atoms with E-state index in [1.165, 1.54) is 0 Å². The molecule has 0 saturated heterocycles. The highest BCUT2D eigenvalue weighted by Crippen LogP contribution is 2.30. The van der Waals surface area contributed by atoms with Gasteiger partial charge in [-0.2, -0.15) is 0 Å². The Morgan fingerprint density at radius 1 is 1.28 bits per heavy atom. The van der Waals surface area contributed by atoms with Crippen molar-refractivity contribution in [3.05, 3.63) is 46.0 Å². The molecule has 3 nitrogen and oxygen atoms in total. The largest absolute Gasteiger partial charge is 0.376 e. The second-order valence-electron chi connectivity index (χ2n) is 4.02. The molecule has 0 fully saturated rings. The molecular weight excluding hydrogens is 314 g/mol. The van der Waals surface area contributed by atoms with Gasteiger partial charge in [-0.15, -0.1) is 0 Å². The first-order valence-electron chi connectivity index (χ1n) is 5.42. The minimum Gasteiger partial charge on any atom is -0.376 e. The van der Waals surface area contributed by atoms with Gasteiger partial charge in [-0.25, -0.2) is 4.98 Å². The summed E-state index contributed by atoms with van der Waals surface area (Å²) in [4.78, 5) is 6.30. The molecule has 1 aromatic carbocycles. The third-order valence-electron chi connectivity index (χ3n) is 2.45. The maximum Gasteiger partial charge on any atom is 0.149 e. The van der Waals surface area contributed by atoms with Crippen molar-refractivity contribution in [2.75, 3.05) is 24.3 Å². The Bertz CT molecular complexity index is 558. The van der Waals surface area contributed by atoms with E-state index in [-0.39, 0.29) is 0 Å². The molecule has 0 unspecified atom stereocenters. The van der Waals surface area contributed by atoms with Crippen molar-refractivity contribution in [2.24, 2.45) is 0 Å². The number of aromatic nitrogens is 1. The first kappa shape index (κ1) is 13.2. The first-order valence-corrected chi connectivity index (χ1v) is 6.59. The zero-order chi connectivity index (χ0) is 13.1. The molecule has 0 amide bonds. The highest BCUT2D eigenvalue weighted by molar-refractivity contribution is 9.10. The maximum atomic E-state index is 6.14. The lowest BCUT2D eigenvalue weighted by atomic mass is 10.2. The van der Waals surface area contributed by atoms with Crippen LogP contribution in [0, 0.1) is 0 Å². The molecule has 0 aliphatic heterocycles. The van der Waals surface area contributed by atoms with Crippen molar-refractivity contribution >= 4 is 44.7 Å². The van der Waals surface area contributed by atoms with Crippen molar-refractivity contribution in [2.45, 2.75) is 0 Å². The number of para-hydroxylation sites is 2. The minimum absolute atomic E-state index is 0.581. The zero-order valence-corrected chi connectivity index (χ0v) is 12.5. The zero-order valence-electron chi connectivity index (χ0n) is 10.1. The van der Waals surface area contributed by atoms with E-state index in [1.807, 2.05) is 49.3 Å². The van der Waals surface area contributed by atoms with Crippen LogP contribution >= 0.6 is 27.5 Å². The lowest BCUT2D eigenvalue weighted by Gasteiger charge is -2.18. The number of halogens is 2. The van der Waals surface area contributed by atoms with E-state index >= 15 is 0 Å². The van der Waals surface area contributed by atoms with E-state index < -0.39 is 0 Å². The maximum absolute atomic E-state index is 6.14. The molecule has 1 aromatic heterocycles. The molecule has 0 radical (unpaired) electrons. The topological polar surface area (TPSA) is 28.2 Å². The smallest absolute Gasteiger partial charge is 0.149 e. The van der Waals surface area contributed by atoms with Crippen LogP contribution in [-0.2, 0) is 0 Å². The predicted molar refractivity (Wildman–Crippen MR) is 81.0 cm³/mol. The Labute approximate surface area is 120 Å². The Hall–Kier alpha value is -1.26. The molecule has 0 aliphatic rings. The Kier molecular flexibility index (Phi) is 4.09. The molecule has 0 spiro atoms. The lowest BCUT2D eigenvalue weighted by Crippen LogP contribution is -2.11. The number of hydrogen-bond acceptors (Lipinski definition) is 3. The average molecular weight is 327 g/mol. The van der Waals surface area contributed by atoms with E-state index in [9.17, 15) is 0 Å². The van der Waals surface area contributed by atoms with E-state index in [1.54, 1.807) is 6.20 Å². The van der Waals surface area contributed by atoms with Gasteiger partial charge in [0.1, 0.15) is 5.82 Å². The SMILES string of the molecule is CN(C)c1ccccc1Nc1ncc(Br)cc1Cl. The van der Waals surface area contributed by atoms with Crippen LogP contribution in [0.5, 0.6) is 0 Å². The van der Waals surface area contributed by atoms with Gasteiger partial charge in [0.05, 0.1) is 16.4 Å². The summed E-state index contributed by atoms with van der Waals surface area (Å²) in [6.07, 6.45) is 1.71. The summed E-state index contributed by atoms with van der Waals surface area (Å²) in [5.74, 6) is 0.647. The number of pyridine rings is 1. The number of rotatable bonds is 3. The number of hydrogen-bond donors (Lipinski definition) is 1. The van der Waals surface area contributed by atoms with Gasteiger partial charge >= 0.3 is 0 Å². The van der Waals surface area contributed by atoms with Crippen LogP contribution in [0.2, 0.25) is 5.02 Å².